The summed E-state index contributed by atoms with van der Waals surface area (Å²) in [6, 6.07) is 4.73. The van der Waals surface area contributed by atoms with Crippen LogP contribution in [0.5, 0.6) is 0 Å². The van der Waals surface area contributed by atoms with E-state index in [4.69, 9.17) is 0 Å². The second kappa shape index (κ2) is 6.96. The minimum Gasteiger partial charge on any atom is -0.315 e. The fourth-order valence-electron chi connectivity index (χ4n) is 1.32. The molecule has 0 spiro atoms. The van der Waals surface area contributed by atoms with E-state index in [-0.39, 0.29) is 11.7 Å². The van der Waals surface area contributed by atoms with E-state index in [0.29, 0.717) is 12.5 Å². The van der Waals surface area contributed by atoms with E-state index in [1.54, 1.807) is 6.07 Å². The lowest BCUT2D eigenvalue weighted by Gasteiger charge is -2.07. The summed E-state index contributed by atoms with van der Waals surface area (Å²) < 4.78 is 12.7. The Morgan fingerprint density at radius 1 is 1.47 bits per heavy atom. The molecular formula is C12H18FN3O. The zero-order valence-corrected chi connectivity index (χ0v) is 10.2. The first-order chi connectivity index (χ1) is 8.08. The van der Waals surface area contributed by atoms with Crippen molar-refractivity contribution in [1.82, 2.24) is 10.3 Å². The summed E-state index contributed by atoms with van der Waals surface area (Å²) in [6.07, 6.45) is 1.15. The summed E-state index contributed by atoms with van der Waals surface area (Å²) >= 11 is 0. The molecule has 0 aliphatic heterocycles. The van der Waals surface area contributed by atoms with Crippen LogP contribution < -0.4 is 10.6 Å². The molecule has 0 saturated carbocycles. The van der Waals surface area contributed by atoms with E-state index in [0.717, 1.165) is 13.0 Å². The number of hydrogen-bond acceptors (Lipinski definition) is 3. The summed E-state index contributed by atoms with van der Waals surface area (Å²) in [4.78, 5) is 15.0. The van der Waals surface area contributed by atoms with Crippen molar-refractivity contribution in [3.63, 3.8) is 0 Å². The van der Waals surface area contributed by atoms with Gasteiger partial charge in [-0.3, -0.25) is 4.79 Å². The van der Waals surface area contributed by atoms with Crippen LogP contribution in [0.1, 0.15) is 26.7 Å². The monoisotopic (exact) mass is 239 g/mol. The van der Waals surface area contributed by atoms with Gasteiger partial charge in [-0.05, 0) is 25.1 Å². The number of halogens is 1. The second-order valence-corrected chi connectivity index (χ2v) is 4.11. The third-order valence-corrected chi connectivity index (χ3v) is 2.12. The average Bonchev–Trinajstić information content (AvgIpc) is 2.24. The predicted octanol–water partition coefficient (Wildman–Crippen LogP) is 1.94. The van der Waals surface area contributed by atoms with E-state index in [9.17, 15) is 9.18 Å². The summed E-state index contributed by atoms with van der Waals surface area (Å²) in [7, 11) is 0. The molecular weight excluding hydrogens is 221 g/mol. The third kappa shape index (κ3) is 5.97. The van der Waals surface area contributed by atoms with Gasteiger partial charge in [0.25, 0.3) is 0 Å². The van der Waals surface area contributed by atoms with Crippen LogP contribution >= 0.6 is 0 Å². The van der Waals surface area contributed by atoms with E-state index < -0.39 is 5.95 Å². The van der Waals surface area contributed by atoms with Gasteiger partial charge in [-0.2, -0.15) is 4.39 Å². The second-order valence-electron chi connectivity index (χ2n) is 4.11. The van der Waals surface area contributed by atoms with Crippen LogP contribution in [0, 0.1) is 5.95 Å². The lowest BCUT2D eigenvalue weighted by atomic mass is 10.2. The molecule has 0 fully saturated rings. The molecule has 4 nitrogen and oxygen atoms in total. The normalized spacial score (nSPS) is 10.6. The number of hydrogen-bond donors (Lipinski definition) is 2. The number of anilines is 1. The van der Waals surface area contributed by atoms with Crippen LogP contribution in [-0.4, -0.2) is 23.5 Å². The van der Waals surface area contributed by atoms with Crippen LogP contribution in [0.2, 0.25) is 0 Å². The van der Waals surface area contributed by atoms with Gasteiger partial charge in [0, 0.05) is 12.5 Å². The van der Waals surface area contributed by atoms with Crippen molar-refractivity contribution in [2.24, 2.45) is 0 Å². The van der Waals surface area contributed by atoms with Gasteiger partial charge in [-0.15, -0.1) is 0 Å². The molecule has 0 aromatic carbocycles. The highest BCUT2D eigenvalue weighted by atomic mass is 19.1. The highest BCUT2D eigenvalue weighted by Gasteiger charge is 2.03. The maximum atomic E-state index is 12.7. The maximum absolute atomic E-state index is 12.7. The molecule has 17 heavy (non-hydrogen) atoms. The largest absolute Gasteiger partial charge is 0.315 e. The summed E-state index contributed by atoms with van der Waals surface area (Å²) in [6.45, 7) is 4.90. The van der Waals surface area contributed by atoms with Gasteiger partial charge in [0.05, 0.1) is 0 Å². The quantitative estimate of drug-likeness (QED) is 0.589. The maximum Gasteiger partial charge on any atom is 0.225 e. The number of nitrogens with zero attached hydrogens (tertiary/aromatic N) is 1. The number of pyridine rings is 1. The fourth-order valence-corrected chi connectivity index (χ4v) is 1.32. The Hall–Kier alpha value is -1.49. The van der Waals surface area contributed by atoms with Crippen molar-refractivity contribution in [2.75, 3.05) is 11.9 Å². The highest BCUT2D eigenvalue weighted by Crippen LogP contribution is 2.04. The molecule has 94 valence electrons. The van der Waals surface area contributed by atoms with E-state index >= 15 is 0 Å². The summed E-state index contributed by atoms with van der Waals surface area (Å²) in [5.41, 5.74) is 0. The van der Waals surface area contributed by atoms with E-state index in [2.05, 4.69) is 29.5 Å². The fraction of sp³-hybridized carbons (Fsp3) is 0.500. The Morgan fingerprint density at radius 3 is 2.88 bits per heavy atom. The first kappa shape index (κ1) is 13.6. The number of rotatable bonds is 6. The molecule has 1 aromatic heterocycles. The minimum absolute atomic E-state index is 0.145. The van der Waals surface area contributed by atoms with E-state index in [1.807, 2.05) is 0 Å². The molecule has 0 unspecified atom stereocenters. The van der Waals surface area contributed by atoms with Gasteiger partial charge >= 0.3 is 0 Å². The van der Waals surface area contributed by atoms with Gasteiger partial charge in [0.1, 0.15) is 5.82 Å². The summed E-state index contributed by atoms with van der Waals surface area (Å²) in [5, 5.41) is 5.77. The molecule has 5 heteroatoms. The zero-order valence-electron chi connectivity index (χ0n) is 10.2. The lowest BCUT2D eigenvalue weighted by Crippen LogP contribution is -2.24. The van der Waals surface area contributed by atoms with Gasteiger partial charge < -0.3 is 10.6 Å². The summed E-state index contributed by atoms with van der Waals surface area (Å²) in [5.74, 6) is -0.482. The number of carbonyl (C=O) groups is 1. The topological polar surface area (TPSA) is 54.0 Å². The molecule has 2 N–H and O–H groups in total. The molecule has 0 radical (unpaired) electrons. The number of carbonyl (C=O) groups excluding carboxylic acids is 1. The Bertz CT molecular complexity index is 369. The molecule has 0 bridgehead atoms. The molecule has 1 aromatic rings. The van der Waals surface area contributed by atoms with Crippen LogP contribution in [-0.2, 0) is 4.79 Å². The van der Waals surface area contributed by atoms with Crippen molar-refractivity contribution < 1.29 is 9.18 Å². The van der Waals surface area contributed by atoms with Gasteiger partial charge in [0.2, 0.25) is 11.9 Å². The Balaban J connectivity index is 2.25. The standard InChI is InChI=1S/C12H18FN3O/c1-9(2)14-8-4-7-12(17)16-11-6-3-5-10(13)15-11/h3,5-6,9,14H,4,7-8H2,1-2H3,(H,15,16,17). The number of aromatic nitrogens is 1. The average molecular weight is 239 g/mol. The van der Waals surface area contributed by atoms with Crippen LogP contribution in [0.15, 0.2) is 18.2 Å². The molecule has 0 aliphatic carbocycles. The zero-order chi connectivity index (χ0) is 12.7. The van der Waals surface area contributed by atoms with Crippen molar-refractivity contribution >= 4 is 11.7 Å². The van der Waals surface area contributed by atoms with Crippen LogP contribution in [0.4, 0.5) is 10.2 Å². The minimum atomic E-state index is -0.593. The first-order valence-electron chi connectivity index (χ1n) is 5.73. The SMILES string of the molecule is CC(C)NCCCC(=O)Nc1cccc(F)n1. The molecule has 0 atom stereocenters. The van der Waals surface area contributed by atoms with Crippen molar-refractivity contribution in [3.05, 3.63) is 24.1 Å². The van der Waals surface area contributed by atoms with Crippen molar-refractivity contribution in [2.45, 2.75) is 32.7 Å². The molecule has 1 amide bonds. The Morgan fingerprint density at radius 2 is 2.24 bits per heavy atom. The predicted molar refractivity (Wildman–Crippen MR) is 65.2 cm³/mol. The van der Waals surface area contributed by atoms with Crippen molar-refractivity contribution in [3.8, 4) is 0 Å². The Kier molecular flexibility index (Phi) is 5.56. The van der Waals surface area contributed by atoms with Crippen LogP contribution in [0.3, 0.4) is 0 Å². The first-order valence-corrected chi connectivity index (χ1v) is 5.73. The number of amides is 1. The van der Waals surface area contributed by atoms with Gasteiger partial charge in [-0.25, -0.2) is 4.98 Å². The highest BCUT2D eigenvalue weighted by molar-refractivity contribution is 5.89. The molecule has 0 saturated heterocycles. The van der Waals surface area contributed by atoms with Gasteiger partial charge in [0.15, 0.2) is 0 Å². The van der Waals surface area contributed by atoms with E-state index in [1.165, 1.54) is 12.1 Å². The molecule has 0 aliphatic rings. The molecule has 1 heterocycles. The Labute approximate surface area is 101 Å². The smallest absolute Gasteiger partial charge is 0.225 e. The number of nitrogens with one attached hydrogen (secondary N) is 2. The molecule has 1 rings (SSSR count). The van der Waals surface area contributed by atoms with Crippen LogP contribution in [0.25, 0.3) is 0 Å². The van der Waals surface area contributed by atoms with Gasteiger partial charge in [-0.1, -0.05) is 19.9 Å². The lowest BCUT2D eigenvalue weighted by molar-refractivity contribution is -0.116. The third-order valence-electron chi connectivity index (χ3n) is 2.12. The van der Waals surface area contributed by atoms with Crippen molar-refractivity contribution in [1.29, 1.82) is 0 Å².